The summed E-state index contributed by atoms with van der Waals surface area (Å²) >= 11 is 0. The molecule has 0 unspecified atom stereocenters. The van der Waals surface area contributed by atoms with E-state index in [4.69, 9.17) is 14.2 Å². The molecule has 0 heterocycles. The van der Waals surface area contributed by atoms with Gasteiger partial charge in [0, 0.05) is 6.07 Å². The molecule has 9 nitrogen and oxygen atoms in total. The Hall–Kier alpha value is -5.35. The van der Waals surface area contributed by atoms with Crippen molar-refractivity contribution < 1.29 is 27.4 Å². The van der Waals surface area contributed by atoms with Crippen molar-refractivity contribution in [3.63, 3.8) is 0 Å². The largest absolute Gasteiger partial charge is 0.493 e. The van der Waals surface area contributed by atoms with Crippen LogP contribution in [0.15, 0.2) is 119 Å². The number of hydrazone groups is 1. The van der Waals surface area contributed by atoms with Crippen molar-refractivity contribution in [1.29, 1.82) is 0 Å². The van der Waals surface area contributed by atoms with Crippen LogP contribution in [0.25, 0.3) is 10.8 Å². The maximum atomic E-state index is 13.7. The molecule has 0 spiro atoms. The Morgan fingerprint density at radius 2 is 1.56 bits per heavy atom. The van der Waals surface area contributed by atoms with Gasteiger partial charge in [0.25, 0.3) is 15.9 Å². The van der Waals surface area contributed by atoms with Gasteiger partial charge in [-0.25, -0.2) is 13.8 Å². The smallest absolute Gasteiger partial charge is 0.264 e. The predicted molar refractivity (Wildman–Crippen MR) is 176 cm³/mol. The van der Waals surface area contributed by atoms with Gasteiger partial charge in [-0.2, -0.15) is 5.10 Å². The zero-order valence-electron chi connectivity index (χ0n) is 25.1. The number of hydrogen-bond acceptors (Lipinski definition) is 7. The third-order valence-corrected chi connectivity index (χ3v) is 8.90. The molecule has 5 aromatic carbocycles. The Labute approximate surface area is 262 Å². The van der Waals surface area contributed by atoms with Crippen molar-refractivity contribution in [2.45, 2.75) is 18.4 Å². The molecule has 230 valence electrons. The summed E-state index contributed by atoms with van der Waals surface area (Å²) in [4.78, 5) is 13.0. The van der Waals surface area contributed by atoms with E-state index >= 15 is 0 Å². The minimum atomic E-state index is -4.12. The summed E-state index contributed by atoms with van der Waals surface area (Å²) in [5, 5.41) is 6.35. The van der Waals surface area contributed by atoms with Crippen molar-refractivity contribution >= 4 is 38.6 Å². The molecule has 0 saturated heterocycles. The van der Waals surface area contributed by atoms with Crippen LogP contribution in [0.4, 0.5) is 5.69 Å². The summed E-state index contributed by atoms with van der Waals surface area (Å²) in [5.41, 5.74) is 5.37. The number of amides is 1. The summed E-state index contributed by atoms with van der Waals surface area (Å²) in [7, 11) is -1.19. The first-order valence-electron chi connectivity index (χ1n) is 14.1. The predicted octanol–water partition coefficient (Wildman–Crippen LogP) is 6.09. The highest BCUT2D eigenvalue weighted by molar-refractivity contribution is 7.92. The lowest BCUT2D eigenvalue weighted by Gasteiger charge is -2.24. The minimum absolute atomic E-state index is 0.0435. The topological polar surface area (TPSA) is 107 Å². The monoisotopic (exact) mass is 623 g/mol. The molecule has 0 atom stereocenters. The minimum Gasteiger partial charge on any atom is -0.493 e. The number of carbonyl (C=O) groups excluding carboxylic acids is 1. The van der Waals surface area contributed by atoms with E-state index in [0.717, 1.165) is 31.8 Å². The molecule has 45 heavy (non-hydrogen) atoms. The SMILES string of the molecule is COc1ccc(N(CC(=O)N/N=C\c2ccc(OCc3cccc4ccccc34)cc2)S(=O)(=O)c2ccc(C)cc2)cc1OC. The Bertz CT molecular complexity index is 1920. The molecule has 10 heteroatoms. The third-order valence-electron chi connectivity index (χ3n) is 7.11. The van der Waals surface area contributed by atoms with Crippen molar-refractivity contribution in [3.8, 4) is 17.2 Å². The molecule has 0 radical (unpaired) electrons. The summed E-state index contributed by atoms with van der Waals surface area (Å²) in [6.45, 7) is 1.76. The molecule has 0 bridgehead atoms. The van der Waals surface area contributed by atoms with E-state index in [0.29, 0.717) is 23.9 Å². The van der Waals surface area contributed by atoms with Gasteiger partial charge in [-0.1, -0.05) is 60.2 Å². The van der Waals surface area contributed by atoms with Crippen LogP contribution in [0.2, 0.25) is 0 Å². The zero-order chi connectivity index (χ0) is 31.8. The van der Waals surface area contributed by atoms with Gasteiger partial charge < -0.3 is 14.2 Å². The number of ether oxygens (including phenoxy) is 3. The van der Waals surface area contributed by atoms with Crippen LogP contribution < -0.4 is 23.9 Å². The fraction of sp³-hybridized carbons (Fsp3) is 0.143. The van der Waals surface area contributed by atoms with E-state index in [1.165, 1.54) is 38.6 Å². The number of methoxy groups -OCH3 is 2. The standard InChI is InChI=1S/C35H33N3O6S/c1-25-11-18-31(19-12-25)45(40,41)38(29-15-20-33(42-2)34(21-29)43-3)23-35(39)37-36-22-26-13-16-30(17-14-26)44-24-28-9-6-8-27-7-4-5-10-32(27)28/h4-22H,23-24H2,1-3H3,(H,37,39)/b36-22-. The molecule has 5 aromatic rings. The Morgan fingerprint density at radius 3 is 2.29 bits per heavy atom. The van der Waals surface area contributed by atoms with E-state index in [-0.39, 0.29) is 10.6 Å². The second kappa shape index (κ2) is 14.0. The van der Waals surface area contributed by atoms with Gasteiger partial charge in [-0.05, 0) is 77.4 Å². The number of nitrogens with zero attached hydrogens (tertiary/aromatic N) is 2. The number of hydrogen-bond donors (Lipinski definition) is 1. The van der Waals surface area contributed by atoms with Crippen LogP contribution in [0.1, 0.15) is 16.7 Å². The maximum Gasteiger partial charge on any atom is 0.264 e. The Morgan fingerprint density at radius 1 is 0.844 bits per heavy atom. The highest BCUT2D eigenvalue weighted by Gasteiger charge is 2.28. The molecule has 0 aliphatic rings. The van der Waals surface area contributed by atoms with E-state index in [9.17, 15) is 13.2 Å². The third kappa shape index (κ3) is 7.42. The number of nitrogens with one attached hydrogen (secondary N) is 1. The van der Waals surface area contributed by atoms with Gasteiger partial charge in [-0.15, -0.1) is 0 Å². The van der Waals surface area contributed by atoms with Crippen LogP contribution >= 0.6 is 0 Å². The summed E-state index contributed by atoms with van der Waals surface area (Å²) in [6.07, 6.45) is 1.47. The summed E-state index contributed by atoms with van der Waals surface area (Å²) in [6, 6.07) is 32.6. The molecule has 0 aromatic heterocycles. The average molecular weight is 624 g/mol. The fourth-order valence-electron chi connectivity index (χ4n) is 4.71. The first-order chi connectivity index (χ1) is 21.8. The van der Waals surface area contributed by atoms with Crippen molar-refractivity contribution in [1.82, 2.24) is 5.43 Å². The first kappa shape index (κ1) is 31.1. The summed E-state index contributed by atoms with van der Waals surface area (Å²) in [5.74, 6) is 0.804. The van der Waals surface area contributed by atoms with Gasteiger partial charge in [0.05, 0.1) is 31.0 Å². The highest BCUT2D eigenvalue weighted by atomic mass is 32.2. The van der Waals surface area contributed by atoms with E-state index in [2.05, 4.69) is 28.7 Å². The zero-order valence-corrected chi connectivity index (χ0v) is 26.0. The number of aryl methyl sites for hydroxylation is 1. The lowest BCUT2D eigenvalue weighted by atomic mass is 10.1. The number of carbonyl (C=O) groups is 1. The van der Waals surface area contributed by atoms with Gasteiger partial charge in [0.1, 0.15) is 18.9 Å². The molecular weight excluding hydrogens is 590 g/mol. The van der Waals surface area contributed by atoms with E-state index in [1.807, 2.05) is 55.5 Å². The molecule has 0 saturated carbocycles. The molecular formula is C35H33N3O6S. The quantitative estimate of drug-likeness (QED) is 0.133. The normalized spacial score (nSPS) is 11.4. The average Bonchev–Trinajstić information content (AvgIpc) is 3.06. The molecule has 0 fully saturated rings. The molecule has 1 amide bonds. The van der Waals surface area contributed by atoms with Crippen molar-refractivity contribution in [3.05, 3.63) is 126 Å². The van der Waals surface area contributed by atoms with Crippen LogP contribution in [-0.4, -0.2) is 41.3 Å². The van der Waals surface area contributed by atoms with Gasteiger partial charge in [0.15, 0.2) is 11.5 Å². The van der Waals surface area contributed by atoms with Crippen molar-refractivity contribution in [2.24, 2.45) is 5.10 Å². The lowest BCUT2D eigenvalue weighted by Crippen LogP contribution is -2.39. The lowest BCUT2D eigenvalue weighted by molar-refractivity contribution is -0.119. The number of fused-ring (bicyclic) bond motifs is 1. The van der Waals surface area contributed by atoms with Gasteiger partial charge in [0.2, 0.25) is 0 Å². The highest BCUT2D eigenvalue weighted by Crippen LogP contribution is 2.34. The first-order valence-corrected chi connectivity index (χ1v) is 15.6. The number of benzene rings is 5. The maximum absolute atomic E-state index is 13.7. The van der Waals surface area contributed by atoms with Crippen LogP contribution in [0.3, 0.4) is 0 Å². The fourth-order valence-corrected chi connectivity index (χ4v) is 6.12. The van der Waals surface area contributed by atoms with Gasteiger partial charge in [-0.3, -0.25) is 9.10 Å². The number of sulfonamides is 1. The van der Waals surface area contributed by atoms with Gasteiger partial charge >= 0.3 is 0 Å². The van der Waals surface area contributed by atoms with Crippen LogP contribution in [-0.2, 0) is 21.4 Å². The Kier molecular flexibility index (Phi) is 9.64. The molecule has 0 aliphatic carbocycles. The Balaban J connectivity index is 1.26. The molecule has 0 aliphatic heterocycles. The number of anilines is 1. The van der Waals surface area contributed by atoms with E-state index < -0.39 is 22.5 Å². The van der Waals surface area contributed by atoms with Crippen molar-refractivity contribution in [2.75, 3.05) is 25.1 Å². The second-order valence-electron chi connectivity index (χ2n) is 10.2. The number of rotatable bonds is 12. The van der Waals surface area contributed by atoms with Crippen LogP contribution in [0, 0.1) is 6.92 Å². The molecule has 5 rings (SSSR count). The van der Waals surface area contributed by atoms with Crippen LogP contribution in [0.5, 0.6) is 17.2 Å². The molecule has 1 N–H and O–H groups in total. The van der Waals surface area contributed by atoms with E-state index in [1.54, 1.807) is 24.3 Å². The summed E-state index contributed by atoms with van der Waals surface area (Å²) < 4.78 is 45.0. The second-order valence-corrected chi connectivity index (χ2v) is 12.0.